The molecule has 1 aromatic carbocycles. The number of aliphatic hydroxyl groups is 1. The van der Waals surface area contributed by atoms with E-state index < -0.39 is 5.60 Å². The third-order valence-corrected chi connectivity index (χ3v) is 2.32. The van der Waals surface area contributed by atoms with Gasteiger partial charge in [0.15, 0.2) is 6.29 Å². The van der Waals surface area contributed by atoms with Gasteiger partial charge in [-0.3, -0.25) is 4.79 Å². The van der Waals surface area contributed by atoms with E-state index in [0.29, 0.717) is 30.1 Å². The Bertz CT molecular complexity index is 379. The van der Waals surface area contributed by atoms with Gasteiger partial charge in [0.25, 0.3) is 0 Å². The molecule has 0 aliphatic rings. The molecule has 0 fully saturated rings. The molecule has 0 spiro atoms. The Kier molecular flexibility index (Phi) is 4.52. The molecule has 0 aromatic heterocycles. The van der Waals surface area contributed by atoms with Crippen LogP contribution in [0.2, 0.25) is 0 Å². The topological polar surface area (TPSA) is 55.8 Å². The molecule has 17 heavy (non-hydrogen) atoms. The Balaban J connectivity index is 2.71. The van der Waals surface area contributed by atoms with Crippen molar-refractivity contribution in [1.82, 2.24) is 0 Å². The zero-order valence-electron chi connectivity index (χ0n) is 10.4. The van der Waals surface area contributed by atoms with Crippen molar-refractivity contribution in [2.75, 3.05) is 13.7 Å². The summed E-state index contributed by atoms with van der Waals surface area (Å²) in [4.78, 5) is 10.8. The molecule has 0 radical (unpaired) electrons. The van der Waals surface area contributed by atoms with Crippen molar-refractivity contribution in [1.29, 1.82) is 0 Å². The smallest absolute Gasteiger partial charge is 0.153 e. The first kappa shape index (κ1) is 13.5. The molecule has 1 rings (SSSR count). The third kappa shape index (κ3) is 4.44. The van der Waals surface area contributed by atoms with E-state index in [1.54, 1.807) is 39.2 Å². The average Bonchev–Trinajstić information content (AvgIpc) is 2.27. The van der Waals surface area contributed by atoms with E-state index in [0.717, 1.165) is 6.29 Å². The van der Waals surface area contributed by atoms with Crippen molar-refractivity contribution in [2.24, 2.45) is 0 Å². The molecular formula is C13H18O4. The van der Waals surface area contributed by atoms with Gasteiger partial charge in [-0.1, -0.05) is 0 Å². The summed E-state index contributed by atoms with van der Waals surface area (Å²) in [6.07, 6.45) is 1.22. The Morgan fingerprint density at radius 1 is 1.41 bits per heavy atom. The lowest BCUT2D eigenvalue weighted by molar-refractivity contribution is 0.0552. The molecule has 0 amide bonds. The fraction of sp³-hybridized carbons (Fsp3) is 0.462. The second-order valence-electron chi connectivity index (χ2n) is 4.43. The maximum atomic E-state index is 10.8. The molecule has 0 heterocycles. The van der Waals surface area contributed by atoms with Crippen molar-refractivity contribution < 1.29 is 19.4 Å². The maximum Gasteiger partial charge on any atom is 0.153 e. The van der Waals surface area contributed by atoms with E-state index in [1.807, 2.05) is 0 Å². The molecule has 0 atom stereocenters. The van der Waals surface area contributed by atoms with E-state index in [4.69, 9.17) is 9.47 Å². The number of methoxy groups -OCH3 is 1. The lowest BCUT2D eigenvalue weighted by Crippen LogP contribution is -2.22. The van der Waals surface area contributed by atoms with E-state index in [2.05, 4.69) is 0 Å². The van der Waals surface area contributed by atoms with E-state index >= 15 is 0 Å². The largest absolute Gasteiger partial charge is 0.497 e. The number of rotatable bonds is 6. The number of ether oxygens (including phenoxy) is 2. The predicted molar refractivity (Wildman–Crippen MR) is 64.8 cm³/mol. The summed E-state index contributed by atoms with van der Waals surface area (Å²) < 4.78 is 10.5. The van der Waals surface area contributed by atoms with Gasteiger partial charge in [-0.15, -0.1) is 0 Å². The van der Waals surface area contributed by atoms with Crippen LogP contribution in [-0.2, 0) is 0 Å². The molecule has 0 aliphatic carbocycles. The van der Waals surface area contributed by atoms with Gasteiger partial charge >= 0.3 is 0 Å². The van der Waals surface area contributed by atoms with Crippen LogP contribution in [0, 0.1) is 0 Å². The van der Waals surface area contributed by atoms with Crippen LogP contribution in [0.3, 0.4) is 0 Å². The zero-order chi connectivity index (χ0) is 12.9. The first-order chi connectivity index (χ1) is 7.96. The molecule has 0 bridgehead atoms. The monoisotopic (exact) mass is 238 g/mol. The fourth-order valence-corrected chi connectivity index (χ4v) is 1.27. The number of hydrogen-bond donors (Lipinski definition) is 1. The summed E-state index contributed by atoms with van der Waals surface area (Å²) in [5, 5.41) is 9.55. The fourth-order valence-electron chi connectivity index (χ4n) is 1.27. The summed E-state index contributed by atoms with van der Waals surface area (Å²) in [5.41, 5.74) is -0.304. The van der Waals surface area contributed by atoms with Gasteiger partial charge in [0, 0.05) is 12.5 Å². The van der Waals surface area contributed by atoms with Crippen molar-refractivity contribution in [2.45, 2.75) is 25.9 Å². The standard InChI is InChI=1S/C13H18O4/c1-13(2,15)6-7-17-12-8-11(16-3)5-4-10(12)9-14/h4-5,8-9,15H,6-7H2,1-3H3. The molecule has 0 aliphatic heterocycles. The second kappa shape index (κ2) is 5.68. The van der Waals surface area contributed by atoms with Crippen molar-refractivity contribution in [3.8, 4) is 11.5 Å². The first-order valence-corrected chi connectivity index (χ1v) is 5.44. The lowest BCUT2D eigenvalue weighted by atomic mass is 10.1. The molecule has 4 nitrogen and oxygen atoms in total. The number of aldehydes is 1. The summed E-state index contributed by atoms with van der Waals surface area (Å²) in [5.74, 6) is 1.11. The van der Waals surface area contributed by atoms with Crippen molar-refractivity contribution in [3.63, 3.8) is 0 Å². The van der Waals surface area contributed by atoms with Crippen LogP contribution < -0.4 is 9.47 Å². The predicted octanol–water partition coefficient (Wildman–Crippen LogP) is 2.05. The number of carbonyl (C=O) groups excluding carboxylic acids is 1. The minimum atomic E-state index is -0.778. The highest BCUT2D eigenvalue weighted by atomic mass is 16.5. The summed E-state index contributed by atoms with van der Waals surface area (Å²) in [6, 6.07) is 5.01. The average molecular weight is 238 g/mol. The van der Waals surface area contributed by atoms with Gasteiger partial charge in [0.05, 0.1) is 24.9 Å². The van der Waals surface area contributed by atoms with E-state index in [-0.39, 0.29) is 0 Å². The van der Waals surface area contributed by atoms with Gasteiger partial charge in [0.1, 0.15) is 11.5 Å². The van der Waals surface area contributed by atoms with Crippen LogP contribution in [0.25, 0.3) is 0 Å². The minimum absolute atomic E-state index is 0.345. The molecule has 0 unspecified atom stereocenters. The number of benzene rings is 1. The van der Waals surface area contributed by atoms with E-state index in [9.17, 15) is 9.90 Å². The van der Waals surface area contributed by atoms with Crippen LogP contribution in [0.1, 0.15) is 30.6 Å². The quantitative estimate of drug-likeness (QED) is 0.771. The SMILES string of the molecule is COc1ccc(C=O)c(OCCC(C)(C)O)c1. The van der Waals surface area contributed by atoms with Crippen LogP contribution in [0.5, 0.6) is 11.5 Å². The highest BCUT2D eigenvalue weighted by Gasteiger charge is 2.13. The maximum absolute atomic E-state index is 10.8. The summed E-state index contributed by atoms with van der Waals surface area (Å²) >= 11 is 0. The Hall–Kier alpha value is -1.55. The molecule has 0 saturated heterocycles. The van der Waals surface area contributed by atoms with E-state index in [1.165, 1.54) is 0 Å². The van der Waals surface area contributed by atoms with Gasteiger partial charge in [-0.25, -0.2) is 0 Å². The Labute approximate surface area is 101 Å². The van der Waals surface area contributed by atoms with Gasteiger partial charge in [0.2, 0.25) is 0 Å². The lowest BCUT2D eigenvalue weighted by Gasteiger charge is -2.17. The van der Waals surface area contributed by atoms with Gasteiger partial charge < -0.3 is 14.6 Å². The molecule has 94 valence electrons. The molecule has 1 N–H and O–H groups in total. The summed E-state index contributed by atoms with van der Waals surface area (Å²) in [7, 11) is 1.55. The van der Waals surface area contributed by atoms with Crippen LogP contribution >= 0.6 is 0 Å². The molecular weight excluding hydrogens is 220 g/mol. The van der Waals surface area contributed by atoms with Gasteiger partial charge in [-0.2, -0.15) is 0 Å². The Morgan fingerprint density at radius 3 is 2.65 bits per heavy atom. The van der Waals surface area contributed by atoms with Crippen LogP contribution in [0.4, 0.5) is 0 Å². The third-order valence-electron chi connectivity index (χ3n) is 2.32. The van der Waals surface area contributed by atoms with Crippen molar-refractivity contribution in [3.05, 3.63) is 23.8 Å². The highest BCUT2D eigenvalue weighted by Crippen LogP contribution is 2.24. The first-order valence-electron chi connectivity index (χ1n) is 5.44. The molecule has 4 heteroatoms. The number of carbonyl (C=O) groups is 1. The molecule has 0 saturated carbocycles. The zero-order valence-corrected chi connectivity index (χ0v) is 10.4. The molecule has 1 aromatic rings. The van der Waals surface area contributed by atoms with Crippen molar-refractivity contribution >= 4 is 6.29 Å². The summed E-state index contributed by atoms with van der Waals surface area (Å²) in [6.45, 7) is 3.77. The Morgan fingerprint density at radius 2 is 2.12 bits per heavy atom. The number of hydrogen-bond acceptors (Lipinski definition) is 4. The van der Waals surface area contributed by atoms with Crippen LogP contribution in [0.15, 0.2) is 18.2 Å². The minimum Gasteiger partial charge on any atom is -0.497 e. The highest BCUT2D eigenvalue weighted by molar-refractivity contribution is 5.79. The van der Waals surface area contributed by atoms with Crippen LogP contribution in [-0.4, -0.2) is 30.7 Å². The van der Waals surface area contributed by atoms with Gasteiger partial charge in [-0.05, 0) is 26.0 Å². The second-order valence-corrected chi connectivity index (χ2v) is 4.43. The normalized spacial score (nSPS) is 11.1.